The zero-order valence-electron chi connectivity index (χ0n) is 9.31. The lowest BCUT2D eigenvalue weighted by Crippen LogP contribution is -2.14. The minimum Gasteiger partial charge on any atom is -0.385 e. The monoisotopic (exact) mass is 248 g/mol. The van der Waals surface area contributed by atoms with Gasteiger partial charge in [0.15, 0.2) is 0 Å². The van der Waals surface area contributed by atoms with Crippen molar-refractivity contribution in [3.8, 4) is 11.3 Å². The molecule has 0 spiro atoms. The van der Waals surface area contributed by atoms with E-state index in [1.54, 1.807) is 0 Å². The molecule has 1 N–H and O–H groups in total. The summed E-state index contributed by atoms with van der Waals surface area (Å²) in [5.41, 5.74) is 1.76. The topological polar surface area (TPSA) is 38.0 Å². The maximum Gasteiger partial charge on any atom is 0.138 e. The van der Waals surface area contributed by atoms with E-state index in [0.717, 1.165) is 36.5 Å². The molecular formula is C13H13ClN2O. The van der Waals surface area contributed by atoms with Gasteiger partial charge in [0.05, 0.1) is 10.7 Å². The maximum absolute atomic E-state index is 9.87. The number of fused-ring (bicyclic) bond motifs is 1. The van der Waals surface area contributed by atoms with E-state index >= 15 is 0 Å². The highest BCUT2D eigenvalue weighted by Crippen LogP contribution is 2.31. The number of benzene rings is 1. The molecule has 2 aromatic rings. The van der Waals surface area contributed by atoms with Crippen molar-refractivity contribution in [1.29, 1.82) is 0 Å². The summed E-state index contributed by atoms with van der Waals surface area (Å²) in [6.07, 6.45) is 3.31. The van der Waals surface area contributed by atoms with Gasteiger partial charge in [-0.15, -0.1) is 0 Å². The molecule has 0 saturated carbocycles. The van der Waals surface area contributed by atoms with E-state index in [0.29, 0.717) is 5.02 Å². The summed E-state index contributed by atoms with van der Waals surface area (Å²) in [7, 11) is 0. The van der Waals surface area contributed by atoms with Crippen molar-refractivity contribution in [3.05, 3.63) is 41.3 Å². The van der Waals surface area contributed by atoms with Gasteiger partial charge >= 0.3 is 0 Å². The van der Waals surface area contributed by atoms with Crippen molar-refractivity contribution in [2.75, 3.05) is 0 Å². The number of halogens is 1. The van der Waals surface area contributed by atoms with Gasteiger partial charge in [0, 0.05) is 18.3 Å². The Bertz CT molecular complexity index is 550. The number of aromatic nitrogens is 2. The Labute approximate surface area is 105 Å². The van der Waals surface area contributed by atoms with Crippen LogP contribution in [0.4, 0.5) is 0 Å². The zero-order valence-corrected chi connectivity index (χ0v) is 10.1. The zero-order chi connectivity index (χ0) is 11.8. The molecule has 0 amide bonds. The first-order chi connectivity index (χ1) is 8.25. The molecule has 1 atom stereocenters. The van der Waals surface area contributed by atoms with Crippen molar-refractivity contribution in [3.63, 3.8) is 0 Å². The third-order valence-corrected chi connectivity index (χ3v) is 3.46. The second-order valence-corrected chi connectivity index (χ2v) is 4.72. The lowest BCUT2D eigenvalue weighted by molar-refractivity contribution is 0.134. The van der Waals surface area contributed by atoms with Crippen molar-refractivity contribution in [1.82, 2.24) is 9.55 Å². The van der Waals surface area contributed by atoms with Crippen LogP contribution in [0, 0.1) is 0 Å². The summed E-state index contributed by atoms with van der Waals surface area (Å²) < 4.78 is 2.02. The fourth-order valence-corrected chi connectivity index (χ4v) is 2.49. The average molecular weight is 249 g/mol. The van der Waals surface area contributed by atoms with Gasteiger partial charge < -0.3 is 9.67 Å². The summed E-state index contributed by atoms with van der Waals surface area (Å²) in [5, 5.41) is 10.6. The minimum absolute atomic E-state index is 0.444. The quantitative estimate of drug-likeness (QED) is 0.842. The van der Waals surface area contributed by atoms with Crippen LogP contribution in [-0.2, 0) is 6.54 Å². The fourth-order valence-electron chi connectivity index (χ4n) is 2.26. The molecule has 0 unspecified atom stereocenters. The van der Waals surface area contributed by atoms with Gasteiger partial charge in [0.1, 0.15) is 11.9 Å². The molecule has 3 nitrogen and oxygen atoms in total. The number of hydrogen-bond acceptors (Lipinski definition) is 2. The minimum atomic E-state index is -0.444. The van der Waals surface area contributed by atoms with Crippen molar-refractivity contribution >= 4 is 11.6 Å². The van der Waals surface area contributed by atoms with Gasteiger partial charge in [-0.05, 0) is 18.9 Å². The smallest absolute Gasteiger partial charge is 0.138 e. The maximum atomic E-state index is 9.87. The largest absolute Gasteiger partial charge is 0.385 e. The third-order valence-electron chi connectivity index (χ3n) is 3.13. The van der Waals surface area contributed by atoms with E-state index in [-0.39, 0.29) is 0 Å². The van der Waals surface area contributed by atoms with E-state index < -0.39 is 6.10 Å². The number of rotatable bonds is 1. The van der Waals surface area contributed by atoms with Gasteiger partial charge in [-0.2, -0.15) is 0 Å². The number of aryl methyl sites for hydroxylation is 1. The first-order valence-corrected chi connectivity index (χ1v) is 6.13. The molecule has 0 bridgehead atoms. The van der Waals surface area contributed by atoms with Crippen LogP contribution in [-0.4, -0.2) is 14.7 Å². The average Bonchev–Trinajstić information content (AvgIpc) is 2.75. The second-order valence-electron chi connectivity index (χ2n) is 4.32. The van der Waals surface area contributed by atoms with E-state index in [2.05, 4.69) is 4.98 Å². The van der Waals surface area contributed by atoms with Crippen LogP contribution in [0.5, 0.6) is 0 Å². The van der Waals surface area contributed by atoms with Gasteiger partial charge in [-0.25, -0.2) is 4.98 Å². The van der Waals surface area contributed by atoms with Crippen LogP contribution >= 0.6 is 11.6 Å². The Balaban J connectivity index is 2.08. The van der Waals surface area contributed by atoms with E-state index in [9.17, 15) is 5.11 Å². The summed E-state index contributed by atoms with van der Waals surface area (Å²) >= 11 is 6.15. The van der Waals surface area contributed by atoms with E-state index in [4.69, 9.17) is 11.6 Å². The van der Waals surface area contributed by atoms with Crippen LogP contribution in [0.3, 0.4) is 0 Å². The van der Waals surface area contributed by atoms with Gasteiger partial charge in [-0.1, -0.05) is 29.8 Å². The molecule has 3 rings (SSSR count). The standard InChI is InChI=1S/C13H13ClN2O/c14-10-5-2-1-4-9(10)11-8-16-7-3-6-12(17)13(16)15-11/h1-2,4-5,8,12,17H,3,6-7H2/t12-/m0/s1. The lowest BCUT2D eigenvalue weighted by Gasteiger charge is -2.18. The first-order valence-electron chi connectivity index (χ1n) is 5.76. The number of aliphatic hydroxyl groups excluding tert-OH is 1. The van der Waals surface area contributed by atoms with Crippen molar-refractivity contribution in [2.45, 2.75) is 25.5 Å². The predicted molar refractivity (Wildman–Crippen MR) is 66.9 cm³/mol. The highest BCUT2D eigenvalue weighted by molar-refractivity contribution is 6.33. The molecule has 1 aromatic heterocycles. The molecule has 2 heterocycles. The summed E-state index contributed by atoms with van der Waals surface area (Å²) in [4.78, 5) is 4.49. The number of aliphatic hydroxyl groups is 1. The molecule has 17 heavy (non-hydrogen) atoms. The molecule has 0 radical (unpaired) electrons. The van der Waals surface area contributed by atoms with Gasteiger partial charge in [0.25, 0.3) is 0 Å². The molecule has 0 aliphatic carbocycles. The molecule has 88 valence electrons. The Morgan fingerprint density at radius 2 is 2.18 bits per heavy atom. The fraction of sp³-hybridized carbons (Fsp3) is 0.308. The van der Waals surface area contributed by atoms with Crippen molar-refractivity contribution < 1.29 is 5.11 Å². The highest BCUT2D eigenvalue weighted by atomic mass is 35.5. The summed E-state index contributed by atoms with van der Waals surface area (Å²) in [5.74, 6) is 0.756. The second kappa shape index (κ2) is 4.17. The Morgan fingerprint density at radius 1 is 1.35 bits per heavy atom. The van der Waals surface area contributed by atoms with Gasteiger partial charge in [0.2, 0.25) is 0 Å². The van der Waals surface area contributed by atoms with Gasteiger partial charge in [-0.3, -0.25) is 0 Å². The lowest BCUT2D eigenvalue weighted by atomic mass is 10.1. The van der Waals surface area contributed by atoms with E-state index in [1.807, 2.05) is 35.0 Å². The SMILES string of the molecule is O[C@H]1CCCn2cc(-c3ccccc3Cl)nc21. The molecule has 4 heteroatoms. The third kappa shape index (κ3) is 1.85. The predicted octanol–water partition coefficient (Wildman–Crippen LogP) is 3.03. The molecule has 0 fully saturated rings. The summed E-state index contributed by atoms with van der Waals surface area (Å²) in [6.45, 7) is 0.920. The molecular weight excluding hydrogens is 236 g/mol. The Kier molecular flexibility index (Phi) is 2.65. The molecule has 1 aromatic carbocycles. The first kappa shape index (κ1) is 10.8. The molecule has 1 aliphatic heterocycles. The number of hydrogen-bond donors (Lipinski definition) is 1. The van der Waals surface area contributed by atoms with Crippen LogP contribution in [0.2, 0.25) is 5.02 Å². The van der Waals surface area contributed by atoms with Crippen LogP contribution in [0.1, 0.15) is 24.8 Å². The highest BCUT2D eigenvalue weighted by Gasteiger charge is 2.21. The van der Waals surface area contributed by atoms with Crippen LogP contribution in [0.15, 0.2) is 30.5 Å². The van der Waals surface area contributed by atoms with E-state index in [1.165, 1.54) is 0 Å². The Hall–Kier alpha value is -1.32. The molecule has 1 aliphatic rings. The van der Waals surface area contributed by atoms with Crippen LogP contribution < -0.4 is 0 Å². The normalized spacial score (nSPS) is 19.1. The van der Waals surface area contributed by atoms with Crippen LogP contribution in [0.25, 0.3) is 11.3 Å². The van der Waals surface area contributed by atoms with Crippen molar-refractivity contribution in [2.24, 2.45) is 0 Å². The number of nitrogens with zero attached hydrogens (tertiary/aromatic N) is 2. The number of imidazole rings is 1. The molecule has 0 saturated heterocycles. The Morgan fingerprint density at radius 3 is 2.94 bits per heavy atom. The summed E-state index contributed by atoms with van der Waals surface area (Å²) in [6, 6.07) is 7.64.